The molecule has 4 aliphatic rings. The molecule has 0 aromatic rings. The van der Waals surface area contributed by atoms with Gasteiger partial charge in [0.25, 0.3) is 0 Å². The maximum atomic E-state index is 3.92. The molecular formula is C24H40. The summed E-state index contributed by atoms with van der Waals surface area (Å²) in [6.45, 7) is 9.34. The molecule has 0 N–H and O–H groups in total. The molecule has 0 saturated heterocycles. The monoisotopic (exact) mass is 328 g/mol. The van der Waals surface area contributed by atoms with E-state index in [-0.39, 0.29) is 0 Å². The summed E-state index contributed by atoms with van der Waals surface area (Å²) in [7, 11) is 0. The first-order valence-corrected chi connectivity index (χ1v) is 11.2. The average Bonchev–Trinajstić information content (AvgIpc) is 2.91. The van der Waals surface area contributed by atoms with Crippen molar-refractivity contribution in [2.75, 3.05) is 0 Å². The first-order chi connectivity index (χ1) is 11.6. The molecule has 24 heavy (non-hydrogen) atoms. The normalized spacial score (nSPS) is 50.7. The lowest BCUT2D eigenvalue weighted by molar-refractivity contribution is -0.111. The highest BCUT2D eigenvalue weighted by Crippen LogP contribution is 2.67. The van der Waals surface area contributed by atoms with Crippen LogP contribution in [-0.4, -0.2) is 0 Å². The molecule has 0 aromatic carbocycles. The van der Waals surface area contributed by atoms with E-state index in [1.807, 2.05) is 0 Å². The van der Waals surface area contributed by atoms with E-state index in [0.717, 1.165) is 29.6 Å². The highest BCUT2D eigenvalue weighted by Gasteiger charge is 2.59. The molecule has 4 fully saturated rings. The van der Waals surface area contributed by atoms with Crippen molar-refractivity contribution in [1.29, 1.82) is 0 Å². The number of hydrogen-bond acceptors (Lipinski definition) is 0. The fourth-order valence-electron chi connectivity index (χ4n) is 8.39. The van der Waals surface area contributed by atoms with Crippen molar-refractivity contribution < 1.29 is 0 Å². The van der Waals surface area contributed by atoms with Crippen LogP contribution in [0.2, 0.25) is 0 Å². The Bertz CT molecular complexity index is 465. The Morgan fingerprint density at radius 1 is 0.875 bits per heavy atom. The molecule has 0 heteroatoms. The van der Waals surface area contributed by atoms with Crippen LogP contribution in [0.5, 0.6) is 0 Å². The van der Waals surface area contributed by atoms with E-state index in [9.17, 15) is 0 Å². The van der Waals surface area contributed by atoms with Gasteiger partial charge < -0.3 is 0 Å². The van der Waals surface area contributed by atoms with Gasteiger partial charge in [-0.05, 0) is 111 Å². The zero-order valence-corrected chi connectivity index (χ0v) is 16.4. The van der Waals surface area contributed by atoms with Gasteiger partial charge in [0.05, 0.1) is 0 Å². The molecule has 0 aromatic heterocycles. The van der Waals surface area contributed by atoms with E-state index in [4.69, 9.17) is 0 Å². The van der Waals surface area contributed by atoms with Gasteiger partial charge in [0.2, 0.25) is 0 Å². The lowest BCUT2D eigenvalue weighted by atomic mass is 9.45. The Morgan fingerprint density at radius 3 is 2.54 bits per heavy atom. The van der Waals surface area contributed by atoms with E-state index in [0.29, 0.717) is 10.8 Å². The van der Waals surface area contributed by atoms with Gasteiger partial charge in [0, 0.05) is 0 Å². The summed E-state index contributed by atoms with van der Waals surface area (Å²) in [6, 6.07) is 0. The maximum absolute atomic E-state index is 3.92. The Balaban J connectivity index is 1.51. The molecular weight excluding hydrogens is 288 g/mol. The number of unbranched alkanes of at least 4 members (excludes halogenated alkanes) is 1. The topological polar surface area (TPSA) is 0 Å². The van der Waals surface area contributed by atoms with Crippen LogP contribution in [0.15, 0.2) is 12.7 Å². The number of hydrogen-bond donors (Lipinski definition) is 0. The van der Waals surface area contributed by atoms with E-state index in [1.54, 1.807) is 44.9 Å². The quantitative estimate of drug-likeness (QED) is 0.373. The molecule has 4 rings (SSSR count). The molecule has 0 bridgehead atoms. The Morgan fingerprint density at radius 2 is 1.71 bits per heavy atom. The van der Waals surface area contributed by atoms with Crippen molar-refractivity contribution >= 4 is 0 Å². The average molecular weight is 329 g/mol. The second-order valence-corrected chi connectivity index (χ2v) is 10.4. The Kier molecular flexibility index (Phi) is 4.63. The molecule has 0 radical (unpaired) electrons. The Hall–Kier alpha value is -0.260. The second-order valence-electron chi connectivity index (χ2n) is 10.4. The van der Waals surface area contributed by atoms with Gasteiger partial charge in [-0.15, -0.1) is 6.58 Å². The van der Waals surface area contributed by atoms with Crippen LogP contribution in [0.4, 0.5) is 0 Å². The van der Waals surface area contributed by atoms with E-state index >= 15 is 0 Å². The summed E-state index contributed by atoms with van der Waals surface area (Å²) in [5, 5.41) is 0. The third-order valence-electron chi connectivity index (χ3n) is 9.74. The zero-order chi connectivity index (χ0) is 16.8. The smallest absolute Gasteiger partial charge is 0.0266 e. The van der Waals surface area contributed by atoms with Gasteiger partial charge in [-0.25, -0.2) is 0 Å². The second kappa shape index (κ2) is 6.48. The van der Waals surface area contributed by atoms with Crippen LogP contribution in [0.1, 0.15) is 97.3 Å². The molecule has 0 aliphatic heterocycles. The highest BCUT2D eigenvalue weighted by molar-refractivity contribution is 5.08. The fraction of sp³-hybridized carbons (Fsp3) is 0.917. The molecule has 1 unspecified atom stereocenters. The minimum absolute atomic E-state index is 0.681. The number of fused-ring (bicyclic) bond motifs is 5. The third-order valence-corrected chi connectivity index (χ3v) is 9.74. The molecule has 136 valence electrons. The van der Waals surface area contributed by atoms with Gasteiger partial charge >= 0.3 is 0 Å². The van der Waals surface area contributed by atoms with Crippen molar-refractivity contribution in [3.8, 4) is 0 Å². The molecule has 4 saturated carbocycles. The van der Waals surface area contributed by atoms with Crippen LogP contribution in [0.25, 0.3) is 0 Å². The third kappa shape index (κ3) is 2.53. The van der Waals surface area contributed by atoms with Gasteiger partial charge in [0.1, 0.15) is 0 Å². The molecule has 4 aliphatic carbocycles. The fourth-order valence-corrected chi connectivity index (χ4v) is 8.39. The predicted molar refractivity (Wildman–Crippen MR) is 104 cm³/mol. The molecule has 0 spiro atoms. The number of rotatable bonds is 4. The maximum Gasteiger partial charge on any atom is -0.0266 e. The van der Waals surface area contributed by atoms with Crippen LogP contribution in [0, 0.1) is 40.4 Å². The first-order valence-electron chi connectivity index (χ1n) is 11.2. The summed E-state index contributed by atoms with van der Waals surface area (Å²) in [5.41, 5.74) is 1.39. The largest absolute Gasteiger partial charge is 0.103 e. The van der Waals surface area contributed by atoms with E-state index in [1.165, 1.54) is 38.5 Å². The molecule has 0 heterocycles. The van der Waals surface area contributed by atoms with Crippen LogP contribution in [-0.2, 0) is 0 Å². The zero-order valence-electron chi connectivity index (χ0n) is 16.4. The van der Waals surface area contributed by atoms with Gasteiger partial charge in [-0.2, -0.15) is 0 Å². The molecule has 0 amide bonds. The highest BCUT2D eigenvalue weighted by atomic mass is 14.6. The summed E-state index contributed by atoms with van der Waals surface area (Å²) < 4.78 is 0. The summed E-state index contributed by atoms with van der Waals surface area (Å²) in [6.07, 6.45) is 21.6. The number of allylic oxidation sites excluding steroid dienone is 1. The van der Waals surface area contributed by atoms with Crippen molar-refractivity contribution in [2.45, 2.75) is 97.3 Å². The van der Waals surface area contributed by atoms with Crippen LogP contribution in [0.3, 0.4) is 0 Å². The first kappa shape index (κ1) is 17.2. The van der Waals surface area contributed by atoms with Gasteiger partial charge in [0.15, 0.2) is 0 Å². The minimum atomic E-state index is 0.681. The predicted octanol–water partition coefficient (Wildman–Crippen LogP) is 7.39. The van der Waals surface area contributed by atoms with Crippen LogP contribution < -0.4 is 0 Å². The van der Waals surface area contributed by atoms with Crippen molar-refractivity contribution in [2.24, 2.45) is 40.4 Å². The standard InChI is InChI=1S/C24H40/c1-4-5-6-9-19-12-14-21-20-13-11-18-10-7-8-16-23(18,2)22(20)15-17-24(19,21)3/h4,18-22H,1,5-17H2,2-3H3/t18?,19-,20-,21-,22-,23-,24+/m0/s1. The summed E-state index contributed by atoms with van der Waals surface area (Å²) >= 11 is 0. The molecule has 7 atom stereocenters. The SMILES string of the molecule is C=CCCC[C@H]1CC[C@H]2[C@@H]3CCC4CCCC[C@]4(C)[C@H]3CC[C@]12C. The van der Waals surface area contributed by atoms with Crippen LogP contribution >= 0.6 is 0 Å². The van der Waals surface area contributed by atoms with Gasteiger partial charge in [-0.3, -0.25) is 0 Å². The molecule has 0 nitrogen and oxygen atoms in total. The minimum Gasteiger partial charge on any atom is -0.103 e. The summed E-state index contributed by atoms with van der Waals surface area (Å²) in [4.78, 5) is 0. The van der Waals surface area contributed by atoms with Crippen molar-refractivity contribution in [3.05, 3.63) is 12.7 Å². The van der Waals surface area contributed by atoms with Crippen molar-refractivity contribution in [3.63, 3.8) is 0 Å². The lowest BCUT2D eigenvalue weighted by Gasteiger charge is -2.60. The van der Waals surface area contributed by atoms with Gasteiger partial charge in [-0.1, -0.05) is 32.8 Å². The van der Waals surface area contributed by atoms with E-state index < -0.39 is 0 Å². The van der Waals surface area contributed by atoms with E-state index in [2.05, 4.69) is 26.5 Å². The lowest BCUT2D eigenvalue weighted by Crippen LogP contribution is -2.52. The Labute approximate surface area is 150 Å². The summed E-state index contributed by atoms with van der Waals surface area (Å²) in [5.74, 6) is 5.29. The van der Waals surface area contributed by atoms with Crippen molar-refractivity contribution in [1.82, 2.24) is 0 Å².